The number of hydrogen-bond acceptors (Lipinski definition) is 3. The summed E-state index contributed by atoms with van der Waals surface area (Å²) in [5.74, 6) is -0.307. The van der Waals surface area contributed by atoms with Crippen LogP contribution in [0.25, 0.3) is 0 Å². The molecule has 1 saturated carbocycles. The number of nitrogens with one attached hydrogen (secondary N) is 1. The van der Waals surface area contributed by atoms with Crippen LogP contribution in [0.4, 0.5) is 0 Å². The predicted molar refractivity (Wildman–Crippen MR) is 81.3 cm³/mol. The van der Waals surface area contributed by atoms with Crippen molar-refractivity contribution < 1.29 is 4.79 Å². The molecule has 1 atom stereocenters. The smallest absolute Gasteiger partial charge is 0.242 e. The van der Waals surface area contributed by atoms with E-state index in [9.17, 15) is 4.79 Å². The molecule has 1 aromatic rings. The topological polar surface area (TPSA) is 58.4 Å². The van der Waals surface area contributed by atoms with Crippen LogP contribution in [0.1, 0.15) is 31.7 Å². The van der Waals surface area contributed by atoms with Crippen molar-refractivity contribution in [1.29, 1.82) is 0 Å². The first kappa shape index (κ1) is 15.0. The second-order valence-electron chi connectivity index (χ2n) is 5.50. The molecule has 1 aromatic carbocycles. The van der Waals surface area contributed by atoms with E-state index in [-0.39, 0.29) is 5.91 Å². The van der Waals surface area contributed by atoms with Crippen LogP contribution in [0, 0.1) is 0 Å². The Bertz CT molecular complexity index is 444. The van der Waals surface area contributed by atoms with Gasteiger partial charge in [-0.3, -0.25) is 4.79 Å². The Labute approximate surface area is 121 Å². The summed E-state index contributed by atoms with van der Waals surface area (Å²) < 4.78 is 0. The number of amides is 1. The summed E-state index contributed by atoms with van der Waals surface area (Å²) in [7, 11) is 1.81. The number of nitrogens with zero attached hydrogens (tertiary/aromatic N) is 1. The third kappa shape index (κ3) is 3.02. The van der Waals surface area contributed by atoms with Crippen LogP contribution in [-0.2, 0) is 10.3 Å². The number of likely N-dealkylation sites (N-methyl/N-ethyl adjacent to an activating group) is 1. The highest BCUT2D eigenvalue weighted by Gasteiger charge is 2.38. The molecule has 0 aliphatic heterocycles. The Balaban J connectivity index is 2.16. The minimum atomic E-state index is -0.774. The van der Waals surface area contributed by atoms with E-state index in [0.717, 1.165) is 18.7 Å². The fraction of sp³-hybridized carbons (Fsp3) is 0.562. The highest BCUT2D eigenvalue weighted by Crippen LogP contribution is 2.30. The number of nitrogens with two attached hydrogens (primary N) is 1. The van der Waals surface area contributed by atoms with Crippen LogP contribution in [0.5, 0.6) is 0 Å². The van der Waals surface area contributed by atoms with E-state index in [1.54, 1.807) is 0 Å². The third-order valence-electron chi connectivity index (χ3n) is 4.36. The van der Waals surface area contributed by atoms with Gasteiger partial charge in [-0.2, -0.15) is 0 Å². The van der Waals surface area contributed by atoms with Gasteiger partial charge in [-0.1, -0.05) is 37.3 Å². The number of carbonyl (C=O) groups is 1. The number of benzene rings is 1. The lowest BCUT2D eigenvalue weighted by Crippen LogP contribution is -2.53. The van der Waals surface area contributed by atoms with Crippen molar-refractivity contribution in [2.45, 2.75) is 37.8 Å². The van der Waals surface area contributed by atoms with Gasteiger partial charge in [0, 0.05) is 12.6 Å². The van der Waals surface area contributed by atoms with E-state index < -0.39 is 5.54 Å². The van der Waals surface area contributed by atoms with Crippen LogP contribution in [-0.4, -0.2) is 37.0 Å². The van der Waals surface area contributed by atoms with E-state index in [0.29, 0.717) is 12.5 Å². The van der Waals surface area contributed by atoms with Crippen LogP contribution in [0.15, 0.2) is 30.3 Å². The summed E-state index contributed by atoms with van der Waals surface area (Å²) in [6, 6.07) is 10.5. The molecule has 3 N–H and O–H groups in total. The van der Waals surface area contributed by atoms with Crippen LogP contribution in [0.3, 0.4) is 0 Å². The Morgan fingerprint density at radius 1 is 1.40 bits per heavy atom. The molecule has 1 aliphatic carbocycles. The number of hydrogen-bond donors (Lipinski definition) is 2. The van der Waals surface area contributed by atoms with E-state index in [1.807, 2.05) is 37.4 Å². The normalized spacial score (nSPS) is 17.9. The fourth-order valence-corrected chi connectivity index (χ4v) is 2.87. The number of primary amides is 1. The molecule has 0 saturated heterocycles. The van der Waals surface area contributed by atoms with E-state index in [1.165, 1.54) is 12.8 Å². The molecule has 0 spiro atoms. The van der Waals surface area contributed by atoms with Gasteiger partial charge in [0.15, 0.2) is 0 Å². The Kier molecular flexibility index (Phi) is 4.78. The molecular formula is C16H25N3O. The molecule has 1 aliphatic rings. The van der Waals surface area contributed by atoms with E-state index >= 15 is 0 Å². The van der Waals surface area contributed by atoms with Crippen molar-refractivity contribution >= 4 is 5.91 Å². The molecule has 2 rings (SSSR count). The lowest BCUT2D eigenvalue weighted by Gasteiger charge is -2.33. The first-order valence-corrected chi connectivity index (χ1v) is 7.42. The monoisotopic (exact) mass is 275 g/mol. The second-order valence-corrected chi connectivity index (χ2v) is 5.50. The SMILES string of the molecule is CCN(CCC(NC)(C(N)=O)c1ccccc1)C1CC1. The van der Waals surface area contributed by atoms with Gasteiger partial charge in [-0.25, -0.2) is 0 Å². The molecular weight excluding hydrogens is 250 g/mol. The molecule has 0 radical (unpaired) electrons. The lowest BCUT2D eigenvalue weighted by molar-refractivity contribution is -0.125. The number of carbonyl (C=O) groups excluding carboxylic acids is 1. The summed E-state index contributed by atoms with van der Waals surface area (Å²) in [4.78, 5) is 14.5. The van der Waals surface area contributed by atoms with Gasteiger partial charge < -0.3 is 16.0 Å². The van der Waals surface area contributed by atoms with Crippen molar-refractivity contribution in [3.63, 3.8) is 0 Å². The van der Waals surface area contributed by atoms with Crippen molar-refractivity contribution in [3.05, 3.63) is 35.9 Å². The molecule has 1 unspecified atom stereocenters. The largest absolute Gasteiger partial charge is 0.368 e. The standard InChI is InChI=1S/C16H25N3O/c1-3-19(14-9-10-14)12-11-16(18-2,15(17)20)13-7-5-4-6-8-13/h4-8,14,18H,3,9-12H2,1-2H3,(H2,17,20). The van der Waals surface area contributed by atoms with Crippen LogP contribution < -0.4 is 11.1 Å². The number of rotatable bonds is 8. The molecule has 0 aromatic heterocycles. The highest BCUT2D eigenvalue weighted by molar-refractivity contribution is 5.86. The Hall–Kier alpha value is -1.39. The predicted octanol–water partition coefficient (Wildman–Crippen LogP) is 1.46. The average Bonchev–Trinajstić information content (AvgIpc) is 3.29. The maximum absolute atomic E-state index is 12.1. The minimum Gasteiger partial charge on any atom is -0.368 e. The van der Waals surface area contributed by atoms with Gasteiger partial charge in [0.2, 0.25) is 5.91 Å². The lowest BCUT2D eigenvalue weighted by atomic mass is 9.85. The minimum absolute atomic E-state index is 0.307. The van der Waals surface area contributed by atoms with Gasteiger partial charge in [0.1, 0.15) is 5.54 Å². The van der Waals surface area contributed by atoms with Gasteiger partial charge in [0.05, 0.1) is 0 Å². The van der Waals surface area contributed by atoms with Gasteiger partial charge in [-0.05, 0) is 38.4 Å². The first-order valence-electron chi connectivity index (χ1n) is 7.42. The summed E-state index contributed by atoms with van der Waals surface area (Å²) in [5, 5.41) is 3.17. The molecule has 110 valence electrons. The highest BCUT2D eigenvalue weighted by atomic mass is 16.1. The zero-order valence-electron chi connectivity index (χ0n) is 12.4. The zero-order valence-corrected chi connectivity index (χ0v) is 12.4. The fourth-order valence-electron chi connectivity index (χ4n) is 2.87. The van der Waals surface area contributed by atoms with Crippen molar-refractivity contribution in [2.24, 2.45) is 5.73 Å². The maximum atomic E-state index is 12.1. The molecule has 4 heteroatoms. The van der Waals surface area contributed by atoms with Gasteiger partial charge in [-0.15, -0.1) is 0 Å². The average molecular weight is 275 g/mol. The Morgan fingerprint density at radius 2 is 2.05 bits per heavy atom. The van der Waals surface area contributed by atoms with Crippen molar-refractivity contribution in [2.75, 3.05) is 20.1 Å². The third-order valence-corrected chi connectivity index (χ3v) is 4.36. The summed E-state index contributed by atoms with van der Waals surface area (Å²) in [6.07, 6.45) is 3.26. The molecule has 1 fully saturated rings. The summed E-state index contributed by atoms with van der Waals surface area (Å²) >= 11 is 0. The maximum Gasteiger partial charge on any atom is 0.242 e. The first-order chi connectivity index (χ1) is 9.64. The zero-order chi connectivity index (χ0) is 14.6. The summed E-state index contributed by atoms with van der Waals surface area (Å²) in [6.45, 7) is 4.09. The molecule has 20 heavy (non-hydrogen) atoms. The van der Waals surface area contributed by atoms with Gasteiger partial charge in [0.25, 0.3) is 0 Å². The van der Waals surface area contributed by atoms with E-state index in [2.05, 4.69) is 17.1 Å². The molecule has 4 nitrogen and oxygen atoms in total. The van der Waals surface area contributed by atoms with Crippen LogP contribution >= 0.6 is 0 Å². The quantitative estimate of drug-likeness (QED) is 0.755. The van der Waals surface area contributed by atoms with Gasteiger partial charge >= 0.3 is 0 Å². The van der Waals surface area contributed by atoms with E-state index in [4.69, 9.17) is 5.73 Å². The second kappa shape index (κ2) is 6.37. The Morgan fingerprint density at radius 3 is 2.50 bits per heavy atom. The van der Waals surface area contributed by atoms with Crippen LogP contribution in [0.2, 0.25) is 0 Å². The van der Waals surface area contributed by atoms with Crippen molar-refractivity contribution in [3.8, 4) is 0 Å². The summed E-state index contributed by atoms with van der Waals surface area (Å²) in [5.41, 5.74) is 5.89. The molecule has 1 amide bonds. The molecule has 0 bridgehead atoms. The molecule has 0 heterocycles. The van der Waals surface area contributed by atoms with Crippen molar-refractivity contribution in [1.82, 2.24) is 10.2 Å².